The van der Waals surface area contributed by atoms with Gasteiger partial charge in [-0.1, -0.05) is 29.3 Å². The van der Waals surface area contributed by atoms with E-state index in [1.807, 2.05) is 6.92 Å². The van der Waals surface area contributed by atoms with Crippen LogP contribution in [0.4, 0.5) is 0 Å². The van der Waals surface area contributed by atoms with Gasteiger partial charge in [0.15, 0.2) is 0 Å². The lowest BCUT2D eigenvalue weighted by atomic mass is 9.83. The lowest BCUT2D eigenvalue weighted by Gasteiger charge is -2.27. The summed E-state index contributed by atoms with van der Waals surface area (Å²) in [7, 11) is 0. The molecule has 1 aromatic heterocycles. The monoisotopic (exact) mass is 367 g/mol. The van der Waals surface area contributed by atoms with Crippen LogP contribution in [0.2, 0.25) is 10.0 Å². The Kier molecular flexibility index (Phi) is 4.43. The quantitative estimate of drug-likeness (QED) is 0.812. The first-order valence-electron chi connectivity index (χ1n) is 7.29. The Hall–Kier alpha value is -2.18. The minimum absolute atomic E-state index is 0.0755. The molecule has 0 spiro atoms. The molecule has 126 valence electrons. The lowest BCUT2D eigenvalue weighted by Crippen LogP contribution is -2.27. The molecule has 1 aliphatic heterocycles. The number of halogens is 2. The molecule has 2 aromatic rings. The minimum atomic E-state index is -0.632. The van der Waals surface area contributed by atoms with Gasteiger partial charge in [-0.25, -0.2) is 4.79 Å². The van der Waals surface area contributed by atoms with Gasteiger partial charge in [-0.2, -0.15) is 0 Å². The summed E-state index contributed by atoms with van der Waals surface area (Å²) in [5, 5.41) is 7.74. The smallest absolute Gasteiger partial charge is 0.340 e. The number of esters is 1. The number of carbonyl (C=O) groups is 1. The van der Waals surface area contributed by atoms with E-state index in [1.165, 1.54) is 0 Å². The third kappa shape index (κ3) is 2.61. The molecule has 0 fully saturated rings. The van der Waals surface area contributed by atoms with E-state index in [9.17, 15) is 4.79 Å². The topological polar surface area (TPSA) is 90.2 Å². The number of aromatic nitrogens is 2. The van der Waals surface area contributed by atoms with Gasteiger partial charge >= 0.3 is 5.97 Å². The summed E-state index contributed by atoms with van der Waals surface area (Å²) >= 11 is 12.7. The van der Waals surface area contributed by atoms with Gasteiger partial charge in [0.1, 0.15) is 5.57 Å². The summed E-state index contributed by atoms with van der Waals surface area (Å²) in [6.07, 6.45) is 0. The minimum Gasteiger partial charge on any atom is -0.462 e. The molecule has 0 radical (unpaired) electrons. The van der Waals surface area contributed by atoms with Gasteiger partial charge in [-0.05, 0) is 26.0 Å². The van der Waals surface area contributed by atoms with Crippen LogP contribution in [0.1, 0.15) is 29.7 Å². The second-order valence-electron chi connectivity index (χ2n) is 5.24. The number of nitrogens with two attached hydrogens (primary N) is 1. The van der Waals surface area contributed by atoms with E-state index in [4.69, 9.17) is 38.4 Å². The van der Waals surface area contributed by atoms with Gasteiger partial charge in [0.2, 0.25) is 11.8 Å². The van der Waals surface area contributed by atoms with Crippen LogP contribution in [0.5, 0.6) is 5.88 Å². The van der Waals surface area contributed by atoms with Crippen LogP contribution in [0.3, 0.4) is 0 Å². The van der Waals surface area contributed by atoms with Crippen LogP contribution in [0.15, 0.2) is 29.7 Å². The van der Waals surface area contributed by atoms with Crippen LogP contribution in [0, 0.1) is 6.92 Å². The normalized spacial score (nSPS) is 16.6. The third-order valence-electron chi connectivity index (χ3n) is 3.79. The zero-order valence-corrected chi connectivity index (χ0v) is 14.5. The van der Waals surface area contributed by atoms with Gasteiger partial charge in [-0.15, -0.1) is 5.10 Å². The maximum absolute atomic E-state index is 12.5. The maximum Gasteiger partial charge on any atom is 0.340 e. The fourth-order valence-electron chi connectivity index (χ4n) is 2.78. The second kappa shape index (κ2) is 6.37. The molecule has 2 heterocycles. The highest BCUT2D eigenvalue weighted by molar-refractivity contribution is 6.36. The Morgan fingerprint density at radius 3 is 2.67 bits per heavy atom. The number of aryl methyl sites for hydroxylation is 1. The highest BCUT2D eigenvalue weighted by atomic mass is 35.5. The van der Waals surface area contributed by atoms with Crippen LogP contribution in [0.25, 0.3) is 0 Å². The van der Waals surface area contributed by atoms with E-state index in [0.717, 1.165) is 5.69 Å². The summed E-state index contributed by atoms with van der Waals surface area (Å²) in [6.45, 7) is 3.73. The Balaban J connectivity index is 2.28. The number of carbonyl (C=O) groups excluding carboxylic acids is 1. The van der Waals surface area contributed by atoms with E-state index in [2.05, 4.69) is 10.2 Å². The van der Waals surface area contributed by atoms with Gasteiger partial charge < -0.3 is 15.2 Å². The Labute approximate surface area is 148 Å². The first-order valence-corrected chi connectivity index (χ1v) is 8.04. The molecular weight excluding hydrogens is 353 g/mol. The lowest BCUT2D eigenvalue weighted by molar-refractivity contribution is -0.139. The molecule has 1 aromatic carbocycles. The Morgan fingerprint density at radius 1 is 1.38 bits per heavy atom. The second-order valence-corrected chi connectivity index (χ2v) is 6.05. The van der Waals surface area contributed by atoms with Crippen molar-refractivity contribution >= 4 is 29.2 Å². The van der Waals surface area contributed by atoms with Crippen molar-refractivity contribution in [2.75, 3.05) is 6.61 Å². The van der Waals surface area contributed by atoms with Crippen LogP contribution < -0.4 is 10.5 Å². The first kappa shape index (κ1) is 16.7. The molecule has 0 amide bonds. The van der Waals surface area contributed by atoms with Crippen molar-refractivity contribution in [2.24, 2.45) is 5.73 Å². The molecule has 0 aliphatic carbocycles. The van der Waals surface area contributed by atoms with Crippen molar-refractivity contribution in [1.82, 2.24) is 10.2 Å². The van der Waals surface area contributed by atoms with Gasteiger partial charge in [0.05, 0.1) is 12.5 Å². The van der Waals surface area contributed by atoms with Gasteiger partial charge in [0.25, 0.3) is 0 Å². The van der Waals surface area contributed by atoms with Crippen LogP contribution >= 0.6 is 23.2 Å². The van der Waals surface area contributed by atoms with E-state index in [1.54, 1.807) is 25.1 Å². The molecule has 3 rings (SSSR count). The highest BCUT2D eigenvalue weighted by Gasteiger charge is 2.40. The van der Waals surface area contributed by atoms with E-state index in [-0.39, 0.29) is 18.1 Å². The largest absolute Gasteiger partial charge is 0.462 e. The molecule has 0 saturated heterocycles. The van der Waals surface area contributed by atoms with Crippen molar-refractivity contribution in [3.8, 4) is 5.88 Å². The summed E-state index contributed by atoms with van der Waals surface area (Å²) in [4.78, 5) is 12.5. The summed E-state index contributed by atoms with van der Waals surface area (Å²) in [5.41, 5.74) is 8.07. The summed E-state index contributed by atoms with van der Waals surface area (Å²) in [5.74, 6) is -0.998. The molecule has 1 unspecified atom stereocenters. The standard InChI is InChI=1S/C16H15Cl2N3O3/c1-3-23-16(22)13-12(11-8(17)5-4-6-9(11)18)10-7(2)20-21-15(10)24-14(13)19/h4-6,12H,3,19H2,1-2H3,(H,20,21). The SMILES string of the molecule is CCOC(=O)C1=C(N)Oc2n[nH]c(C)c2C1c1c(Cl)cccc1Cl. The zero-order valence-electron chi connectivity index (χ0n) is 13.0. The number of fused-ring (bicyclic) bond motifs is 1. The first-order chi connectivity index (χ1) is 11.5. The highest BCUT2D eigenvalue weighted by Crippen LogP contribution is 2.47. The molecular formula is C16H15Cl2N3O3. The van der Waals surface area contributed by atoms with E-state index < -0.39 is 11.9 Å². The maximum atomic E-state index is 12.5. The Morgan fingerprint density at radius 2 is 2.04 bits per heavy atom. The number of ether oxygens (including phenoxy) is 2. The molecule has 8 heteroatoms. The van der Waals surface area contributed by atoms with Crippen molar-refractivity contribution in [3.05, 3.63) is 56.5 Å². The molecule has 0 saturated carbocycles. The number of aromatic amines is 1. The van der Waals surface area contributed by atoms with Crippen molar-refractivity contribution < 1.29 is 14.3 Å². The van der Waals surface area contributed by atoms with Crippen molar-refractivity contribution in [2.45, 2.75) is 19.8 Å². The molecule has 1 aliphatic rings. The number of H-pyrrole nitrogens is 1. The zero-order chi connectivity index (χ0) is 17.4. The van der Waals surface area contributed by atoms with Crippen molar-refractivity contribution in [1.29, 1.82) is 0 Å². The predicted octanol–water partition coefficient (Wildman–Crippen LogP) is 3.28. The van der Waals surface area contributed by atoms with Crippen molar-refractivity contribution in [3.63, 3.8) is 0 Å². The number of hydrogen-bond donors (Lipinski definition) is 2. The average Bonchev–Trinajstić information content (AvgIpc) is 2.87. The van der Waals surface area contributed by atoms with Crippen LogP contribution in [-0.4, -0.2) is 22.8 Å². The number of nitrogens with zero attached hydrogens (tertiary/aromatic N) is 1. The predicted molar refractivity (Wildman–Crippen MR) is 90.1 cm³/mol. The fraction of sp³-hybridized carbons (Fsp3) is 0.250. The van der Waals surface area contributed by atoms with E-state index in [0.29, 0.717) is 27.1 Å². The number of benzene rings is 1. The summed E-state index contributed by atoms with van der Waals surface area (Å²) < 4.78 is 10.6. The molecule has 6 nitrogen and oxygen atoms in total. The van der Waals surface area contributed by atoms with Crippen LogP contribution in [-0.2, 0) is 9.53 Å². The third-order valence-corrected chi connectivity index (χ3v) is 4.45. The molecule has 0 bridgehead atoms. The molecule has 3 N–H and O–H groups in total. The number of rotatable bonds is 3. The van der Waals surface area contributed by atoms with Gasteiger partial charge in [-0.3, -0.25) is 5.10 Å². The van der Waals surface area contributed by atoms with E-state index >= 15 is 0 Å². The number of nitrogens with one attached hydrogen (secondary N) is 1. The average molecular weight is 368 g/mol. The number of hydrogen-bond acceptors (Lipinski definition) is 5. The fourth-order valence-corrected chi connectivity index (χ4v) is 3.40. The summed E-state index contributed by atoms with van der Waals surface area (Å²) in [6, 6.07) is 5.13. The molecule has 1 atom stereocenters. The molecule has 24 heavy (non-hydrogen) atoms. The Bertz CT molecular complexity index is 825. The van der Waals surface area contributed by atoms with Gasteiger partial charge in [0, 0.05) is 26.9 Å².